The third-order valence-corrected chi connectivity index (χ3v) is 6.72. The molecule has 1 saturated heterocycles. The minimum atomic E-state index is -1.56. The van der Waals surface area contributed by atoms with Crippen molar-refractivity contribution in [2.24, 2.45) is 5.92 Å². The van der Waals surface area contributed by atoms with E-state index in [1.807, 2.05) is 24.3 Å². The number of aliphatic carboxylic acids is 1. The summed E-state index contributed by atoms with van der Waals surface area (Å²) in [5, 5.41) is 22.4. The number of fused-ring (bicyclic) bond motifs is 5. The molecule has 3 heterocycles. The molecule has 0 saturated carbocycles. The zero-order chi connectivity index (χ0) is 24.2. The molecule has 2 aliphatic heterocycles. The number of aromatic amines is 1. The van der Waals surface area contributed by atoms with Crippen LogP contribution in [-0.4, -0.2) is 73.5 Å². The SMILES string of the molecule is CC(O)[C@H](NC(=O)[C@H](C(C)C)N1C(=O)N2CCc3c([nH]c4ccccc34)[C@@]2(C)C1=O)C(=O)O. The van der Waals surface area contributed by atoms with E-state index >= 15 is 0 Å². The molecule has 2 aromatic rings. The Bertz CT molecular complexity index is 1160. The van der Waals surface area contributed by atoms with Crippen LogP contribution in [0.3, 0.4) is 0 Å². The van der Waals surface area contributed by atoms with E-state index in [4.69, 9.17) is 0 Å². The lowest BCUT2D eigenvalue weighted by atomic mass is 9.86. The number of urea groups is 1. The number of rotatable bonds is 6. The second kappa shape index (κ2) is 7.87. The van der Waals surface area contributed by atoms with Gasteiger partial charge in [-0.2, -0.15) is 0 Å². The number of aliphatic hydroxyl groups is 1. The summed E-state index contributed by atoms with van der Waals surface area (Å²) in [5.41, 5.74) is 1.15. The molecule has 10 nitrogen and oxygen atoms in total. The molecule has 33 heavy (non-hydrogen) atoms. The maximum atomic E-state index is 13.8. The van der Waals surface area contributed by atoms with Crippen molar-refractivity contribution in [2.45, 2.75) is 57.8 Å². The quantitative estimate of drug-likeness (QED) is 0.481. The van der Waals surface area contributed by atoms with Crippen LogP contribution in [0.5, 0.6) is 0 Å². The van der Waals surface area contributed by atoms with E-state index in [2.05, 4.69) is 10.3 Å². The van der Waals surface area contributed by atoms with Gasteiger partial charge in [0.1, 0.15) is 6.04 Å². The molecule has 10 heteroatoms. The van der Waals surface area contributed by atoms with Crippen LogP contribution in [0.25, 0.3) is 10.9 Å². The molecule has 4 atom stereocenters. The van der Waals surface area contributed by atoms with Crippen LogP contribution in [0.2, 0.25) is 0 Å². The molecule has 4 amide bonds. The normalized spacial score (nSPS) is 22.8. The van der Waals surface area contributed by atoms with E-state index in [0.717, 1.165) is 21.4 Å². The van der Waals surface area contributed by atoms with E-state index in [-0.39, 0.29) is 0 Å². The van der Waals surface area contributed by atoms with Gasteiger partial charge in [-0.05, 0) is 37.8 Å². The largest absolute Gasteiger partial charge is 0.480 e. The number of carboxylic acids is 1. The van der Waals surface area contributed by atoms with E-state index < -0.39 is 53.5 Å². The highest BCUT2D eigenvalue weighted by Gasteiger charge is 2.61. The standard InChI is InChI=1S/C23H28N4O6/c1-11(2)17(19(29)25-16(12(3)28)20(30)31)27-21(32)23(4)18-14(9-10-26(23)22(27)33)13-7-5-6-8-15(13)24-18/h5-8,11-12,16-17,24,28H,9-10H2,1-4H3,(H,25,29)(H,30,31)/t12?,16-,17-,23-/m0/s1. The number of carbonyl (C=O) groups is 4. The van der Waals surface area contributed by atoms with Gasteiger partial charge in [-0.25, -0.2) is 14.5 Å². The summed E-state index contributed by atoms with van der Waals surface area (Å²) in [4.78, 5) is 57.6. The summed E-state index contributed by atoms with van der Waals surface area (Å²) < 4.78 is 0. The van der Waals surface area contributed by atoms with Gasteiger partial charge in [0, 0.05) is 17.4 Å². The first-order valence-corrected chi connectivity index (χ1v) is 11.0. The third-order valence-electron chi connectivity index (χ3n) is 6.72. The van der Waals surface area contributed by atoms with Gasteiger partial charge < -0.3 is 25.4 Å². The monoisotopic (exact) mass is 456 g/mol. The third kappa shape index (κ3) is 3.28. The molecule has 4 rings (SSSR count). The number of imide groups is 1. The van der Waals surface area contributed by atoms with Crippen molar-refractivity contribution >= 4 is 34.7 Å². The van der Waals surface area contributed by atoms with Gasteiger partial charge in [-0.3, -0.25) is 9.59 Å². The number of carbonyl (C=O) groups excluding carboxylic acids is 3. The van der Waals surface area contributed by atoms with Crippen molar-refractivity contribution in [3.8, 4) is 0 Å². The topological polar surface area (TPSA) is 143 Å². The molecule has 1 aromatic carbocycles. The first-order valence-electron chi connectivity index (χ1n) is 11.0. The van der Waals surface area contributed by atoms with E-state index in [9.17, 15) is 29.4 Å². The fourth-order valence-corrected chi connectivity index (χ4v) is 5.01. The summed E-state index contributed by atoms with van der Waals surface area (Å²) >= 11 is 0. The number of nitrogens with one attached hydrogen (secondary N) is 2. The summed E-state index contributed by atoms with van der Waals surface area (Å²) in [7, 11) is 0. The molecule has 2 aliphatic rings. The van der Waals surface area contributed by atoms with Crippen molar-refractivity contribution in [3.05, 3.63) is 35.5 Å². The van der Waals surface area contributed by atoms with Crippen LogP contribution in [0.15, 0.2) is 24.3 Å². The summed E-state index contributed by atoms with van der Waals surface area (Å²) in [5.74, 6) is -3.25. The van der Waals surface area contributed by atoms with Crippen LogP contribution in [0.4, 0.5) is 4.79 Å². The number of benzene rings is 1. The van der Waals surface area contributed by atoms with Crippen molar-refractivity contribution in [1.82, 2.24) is 20.1 Å². The van der Waals surface area contributed by atoms with Crippen molar-refractivity contribution in [3.63, 3.8) is 0 Å². The van der Waals surface area contributed by atoms with Crippen LogP contribution >= 0.6 is 0 Å². The molecule has 1 aromatic heterocycles. The minimum absolute atomic E-state index is 0.310. The Hall–Kier alpha value is -3.40. The molecule has 1 fully saturated rings. The fourth-order valence-electron chi connectivity index (χ4n) is 5.01. The minimum Gasteiger partial charge on any atom is -0.480 e. The molecule has 0 aliphatic carbocycles. The Balaban J connectivity index is 1.74. The number of hydrogen-bond donors (Lipinski definition) is 4. The van der Waals surface area contributed by atoms with Gasteiger partial charge in [0.15, 0.2) is 11.6 Å². The highest BCUT2D eigenvalue weighted by atomic mass is 16.4. The van der Waals surface area contributed by atoms with E-state index in [1.165, 1.54) is 11.8 Å². The van der Waals surface area contributed by atoms with E-state index in [0.29, 0.717) is 18.7 Å². The number of para-hydroxylation sites is 1. The van der Waals surface area contributed by atoms with Gasteiger partial charge >= 0.3 is 12.0 Å². The van der Waals surface area contributed by atoms with Crippen molar-refractivity contribution in [2.75, 3.05) is 6.54 Å². The summed E-state index contributed by atoms with van der Waals surface area (Å²) in [6, 6.07) is 4.29. The number of aliphatic hydroxyl groups excluding tert-OH is 1. The van der Waals surface area contributed by atoms with Crippen LogP contribution in [0.1, 0.15) is 39.0 Å². The first kappa shape index (κ1) is 22.8. The maximum absolute atomic E-state index is 13.8. The number of nitrogens with zero attached hydrogens (tertiary/aromatic N) is 2. The van der Waals surface area contributed by atoms with Crippen LogP contribution < -0.4 is 5.32 Å². The molecule has 176 valence electrons. The van der Waals surface area contributed by atoms with Gasteiger partial charge in [0.2, 0.25) is 5.91 Å². The lowest BCUT2D eigenvalue weighted by Gasteiger charge is -2.36. The zero-order valence-corrected chi connectivity index (χ0v) is 19.0. The second-order valence-electron chi connectivity index (χ2n) is 9.21. The highest BCUT2D eigenvalue weighted by Crippen LogP contribution is 2.45. The zero-order valence-electron chi connectivity index (χ0n) is 19.0. The van der Waals surface area contributed by atoms with Gasteiger partial charge in [-0.15, -0.1) is 0 Å². The predicted octanol–water partition coefficient (Wildman–Crippen LogP) is 1.18. The predicted molar refractivity (Wildman–Crippen MR) is 118 cm³/mol. The Labute approximate surface area is 190 Å². The second-order valence-corrected chi connectivity index (χ2v) is 9.21. The fraction of sp³-hybridized carbons (Fsp3) is 0.478. The van der Waals surface area contributed by atoms with Gasteiger partial charge in [0.05, 0.1) is 11.8 Å². The van der Waals surface area contributed by atoms with Gasteiger partial charge in [0.25, 0.3) is 5.91 Å². The summed E-state index contributed by atoms with van der Waals surface area (Å²) in [6.07, 6.45) is -0.800. The lowest BCUT2D eigenvalue weighted by molar-refractivity contribution is -0.147. The Morgan fingerprint density at radius 1 is 1.18 bits per heavy atom. The maximum Gasteiger partial charge on any atom is 0.328 e. The highest BCUT2D eigenvalue weighted by molar-refractivity contribution is 6.11. The summed E-state index contributed by atoms with van der Waals surface area (Å²) in [6.45, 7) is 6.58. The molecular weight excluding hydrogens is 428 g/mol. The molecule has 1 unspecified atom stereocenters. The molecule has 4 N–H and O–H groups in total. The van der Waals surface area contributed by atoms with Crippen LogP contribution in [0, 0.1) is 5.92 Å². The molecule has 0 radical (unpaired) electrons. The number of aromatic nitrogens is 1. The van der Waals surface area contributed by atoms with Crippen molar-refractivity contribution in [1.29, 1.82) is 0 Å². The Kier molecular flexibility index (Phi) is 5.44. The molecule has 0 bridgehead atoms. The van der Waals surface area contributed by atoms with Gasteiger partial charge in [-0.1, -0.05) is 32.0 Å². The molecular formula is C23H28N4O6. The average Bonchev–Trinajstić information content (AvgIpc) is 3.21. The smallest absolute Gasteiger partial charge is 0.328 e. The first-order chi connectivity index (χ1) is 15.5. The van der Waals surface area contributed by atoms with Crippen molar-refractivity contribution < 1.29 is 29.4 Å². The lowest BCUT2D eigenvalue weighted by Crippen LogP contribution is -2.58. The van der Waals surface area contributed by atoms with E-state index in [1.54, 1.807) is 20.8 Å². The number of H-pyrrole nitrogens is 1. The number of amides is 4. The van der Waals surface area contributed by atoms with Crippen LogP contribution in [-0.2, 0) is 26.3 Å². The number of carboxylic acid groups (broad SMARTS) is 1. The Morgan fingerprint density at radius 2 is 1.85 bits per heavy atom. The average molecular weight is 456 g/mol. The molecule has 0 spiro atoms. The Morgan fingerprint density at radius 3 is 2.45 bits per heavy atom. The number of hydrogen-bond acceptors (Lipinski definition) is 5.